The number of carbonyl (C=O) groups excluding carboxylic acids is 1. The van der Waals surface area contributed by atoms with Crippen LogP contribution >= 0.6 is 23.4 Å². The van der Waals surface area contributed by atoms with Crippen molar-refractivity contribution < 1.29 is 13.2 Å². The van der Waals surface area contributed by atoms with Gasteiger partial charge in [0.2, 0.25) is 5.91 Å². The highest BCUT2D eigenvalue weighted by Gasteiger charge is 2.39. The van der Waals surface area contributed by atoms with Gasteiger partial charge in [0.25, 0.3) is 0 Å². The average molecular weight is 476 g/mol. The van der Waals surface area contributed by atoms with Crippen molar-refractivity contribution in [3.05, 3.63) is 65.8 Å². The van der Waals surface area contributed by atoms with E-state index in [2.05, 4.69) is 10.3 Å². The van der Waals surface area contributed by atoms with Crippen LogP contribution in [0.4, 0.5) is 0 Å². The largest absolute Gasteiger partial charge is 0.349 e. The molecule has 6 nitrogen and oxygen atoms in total. The minimum Gasteiger partial charge on any atom is -0.349 e. The maximum atomic E-state index is 12.6. The molecule has 1 atom stereocenters. The van der Waals surface area contributed by atoms with Crippen molar-refractivity contribution in [2.45, 2.75) is 24.0 Å². The van der Waals surface area contributed by atoms with E-state index >= 15 is 0 Å². The van der Waals surface area contributed by atoms with Gasteiger partial charge < -0.3 is 5.32 Å². The van der Waals surface area contributed by atoms with Gasteiger partial charge in [-0.3, -0.25) is 9.36 Å². The van der Waals surface area contributed by atoms with Crippen molar-refractivity contribution in [1.82, 2.24) is 14.9 Å². The quantitative estimate of drug-likeness (QED) is 0.545. The van der Waals surface area contributed by atoms with E-state index < -0.39 is 15.4 Å². The summed E-state index contributed by atoms with van der Waals surface area (Å²) in [5.41, 5.74) is 2.02. The summed E-state index contributed by atoms with van der Waals surface area (Å²) in [6, 6.07) is 17.3. The number of halogens is 1. The van der Waals surface area contributed by atoms with Gasteiger partial charge in [0, 0.05) is 16.3 Å². The molecule has 162 valence electrons. The number of rotatable bonds is 6. The highest BCUT2D eigenvalue weighted by Crippen LogP contribution is 2.31. The Morgan fingerprint density at radius 1 is 1.23 bits per heavy atom. The Morgan fingerprint density at radius 2 is 2.00 bits per heavy atom. The Hall–Kier alpha value is -2.29. The topological polar surface area (TPSA) is 81.1 Å². The first-order valence-electron chi connectivity index (χ1n) is 9.78. The Bertz CT molecular complexity index is 1210. The summed E-state index contributed by atoms with van der Waals surface area (Å²) in [5, 5.41) is 4.15. The van der Waals surface area contributed by atoms with E-state index in [4.69, 9.17) is 11.6 Å². The number of nitrogens with one attached hydrogen (secondary N) is 1. The molecule has 1 aliphatic heterocycles. The number of thioether (sulfide) groups is 1. The number of hydrogen-bond acceptors (Lipinski definition) is 5. The van der Waals surface area contributed by atoms with E-state index in [9.17, 15) is 13.2 Å². The second-order valence-corrected chi connectivity index (χ2v) is 11.4. The van der Waals surface area contributed by atoms with Gasteiger partial charge in [-0.25, -0.2) is 13.4 Å². The fourth-order valence-electron chi connectivity index (χ4n) is 3.73. The molecule has 4 rings (SSSR count). The minimum atomic E-state index is -3.09. The summed E-state index contributed by atoms with van der Waals surface area (Å²) in [5.74, 6) is -0.00421. The zero-order valence-corrected chi connectivity index (χ0v) is 19.3. The highest BCUT2D eigenvalue weighted by atomic mass is 35.5. The smallest absolute Gasteiger partial charge is 0.230 e. The lowest BCUT2D eigenvalue weighted by Crippen LogP contribution is -2.47. The summed E-state index contributed by atoms with van der Waals surface area (Å²) >= 11 is 7.52. The van der Waals surface area contributed by atoms with E-state index in [0.717, 1.165) is 16.9 Å². The number of hydrogen-bond donors (Lipinski definition) is 1. The third kappa shape index (κ3) is 5.14. The second kappa shape index (κ2) is 8.68. The van der Waals surface area contributed by atoms with Crippen LogP contribution in [0.25, 0.3) is 16.9 Å². The molecule has 2 heterocycles. The molecular weight excluding hydrogens is 454 g/mol. The van der Waals surface area contributed by atoms with Gasteiger partial charge in [0.05, 0.1) is 34.7 Å². The molecule has 1 unspecified atom stereocenters. The predicted molar refractivity (Wildman–Crippen MR) is 125 cm³/mol. The summed E-state index contributed by atoms with van der Waals surface area (Å²) in [6.07, 6.45) is 2.21. The number of benzene rings is 2. The number of imidazole rings is 1. The third-order valence-corrected chi connectivity index (χ3v) is 8.23. The standard InChI is InChI=1S/C22H22ClN3O3S2/c1-22(10-11-31(28,29)15-22)25-20(27)14-30-21-24-13-19(16-6-3-2-4-7-16)26(21)18-9-5-8-17(23)12-18/h2-9,12-13H,10-11,14-15H2,1H3,(H,25,27). The molecule has 2 aromatic carbocycles. The molecule has 0 radical (unpaired) electrons. The summed E-state index contributed by atoms with van der Waals surface area (Å²) in [4.78, 5) is 17.1. The Kier molecular flexibility index (Phi) is 6.14. The van der Waals surface area contributed by atoms with Crippen LogP contribution in [0, 0.1) is 0 Å². The SMILES string of the molecule is CC1(NC(=O)CSc2ncc(-c3ccccc3)n2-c2cccc(Cl)c2)CCS(=O)(=O)C1. The fraction of sp³-hybridized carbons (Fsp3) is 0.273. The summed E-state index contributed by atoms with van der Waals surface area (Å²) < 4.78 is 25.6. The van der Waals surface area contributed by atoms with Gasteiger partial charge in [-0.1, -0.05) is 59.8 Å². The molecule has 0 saturated carbocycles. The lowest BCUT2D eigenvalue weighted by molar-refractivity contribution is -0.120. The Balaban J connectivity index is 1.57. The van der Waals surface area contributed by atoms with Crippen LogP contribution in [0.15, 0.2) is 66.0 Å². The lowest BCUT2D eigenvalue weighted by Gasteiger charge is -2.23. The van der Waals surface area contributed by atoms with Crippen molar-refractivity contribution >= 4 is 39.1 Å². The van der Waals surface area contributed by atoms with Gasteiger partial charge in [-0.2, -0.15) is 0 Å². The maximum Gasteiger partial charge on any atom is 0.230 e. The van der Waals surface area contributed by atoms with Crippen molar-refractivity contribution in [2.24, 2.45) is 0 Å². The molecule has 1 amide bonds. The lowest BCUT2D eigenvalue weighted by atomic mass is 10.0. The molecule has 0 bridgehead atoms. The summed E-state index contributed by atoms with van der Waals surface area (Å²) in [6.45, 7) is 1.78. The molecule has 0 spiro atoms. The van der Waals surface area contributed by atoms with Crippen molar-refractivity contribution in [2.75, 3.05) is 17.3 Å². The van der Waals surface area contributed by atoms with Crippen LogP contribution in [0.3, 0.4) is 0 Å². The van der Waals surface area contributed by atoms with E-state index in [1.165, 1.54) is 11.8 Å². The molecule has 1 N–H and O–H groups in total. The van der Waals surface area contributed by atoms with E-state index in [1.54, 1.807) is 19.2 Å². The monoisotopic (exact) mass is 475 g/mol. The number of sulfone groups is 1. The van der Waals surface area contributed by atoms with Gasteiger partial charge in [-0.05, 0) is 31.5 Å². The number of nitrogens with zero attached hydrogens (tertiary/aromatic N) is 2. The molecule has 0 aliphatic carbocycles. The predicted octanol–water partition coefficient (Wildman–Crippen LogP) is 3.98. The van der Waals surface area contributed by atoms with Gasteiger partial charge in [0.1, 0.15) is 0 Å². The molecule has 31 heavy (non-hydrogen) atoms. The molecule has 1 saturated heterocycles. The van der Waals surface area contributed by atoms with Gasteiger partial charge in [-0.15, -0.1) is 0 Å². The fourth-order valence-corrected chi connectivity index (χ4v) is 6.80. The van der Waals surface area contributed by atoms with Crippen molar-refractivity contribution in [3.63, 3.8) is 0 Å². The van der Waals surface area contributed by atoms with Crippen LogP contribution in [0.1, 0.15) is 13.3 Å². The first-order chi connectivity index (χ1) is 14.7. The second-order valence-electron chi connectivity index (χ2n) is 7.85. The van der Waals surface area contributed by atoms with Gasteiger partial charge >= 0.3 is 0 Å². The van der Waals surface area contributed by atoms with Crippen molar-refractivity contribution in [3.8, 4) is 16.9 Å². The van der Waals surface area contributed by atoms with E-state index in [1.807, 2.05) is 53.1 Å². The average Bonchev–Trinajstić information content (AvgIpc) is 3.27. The van der Waals surface area contributed by atoms with E-state index in [0.29, 0.717) is 16.6 Å². The van der Waals surface area contributed by atoms with Crippen LogP contribution in [-0.2, 0) is 14.6 Å². The molecule has 1 fully saturated rings. The van der Waals surface area contributed by atoms with E-state index in [-0.39, 0.29) is 23.2 Å². The normalized spacial score (nSPS) is 19.9. The zero-order valence-electron chi connectivity index (χ0n) is 16.9. The van der Waals surface area contributed by atoms with Crippen LogP contribution in [0.2, 0.25) is 5.02 Å². The Morgan fingerprint density at radius 3 is 2.68 bits per heavy atom. The van der Waals surface area contributed by atoms with Crippen molar-refractivity contribution in [1.29, 1.82) is 0 Å². The molecule has 9 heteroatoms. The number of carbonyl (C=O) groups is 1. The molecule has 1 aliphatic rings. The Labute approximate surface area is 190 Å². The van der Waals surface area contributed by atoms with Gasteiger partial charge in [0.15, 0.2) is 15.0 Å². The highest BCUT2D eigenvalue weighted by molar-refractivity contribution is 7.99. The third-order valence-electron chi connectivity index (χ3n) is 5.14. The first-order valence-corrected chi connectivity index (χ1v) is 13.0. The first kappa shape index (κ1) is 21.9. The zero-order chi connectivity index (χ0) is 22.1. The maximum absolute atomic E-state index is 12.6. The van der Waals surface area contributed by atoms with Crippen LogP contribution in [-0.4, -0.2) is 46.7 Å². The number of amides is 1. The molecular formula is C22H22ClN3O3S2. The molecule has 1 aromatic heterocycles. The summed E-state index contributed by atoms with van der Waals surface area (Å²) in [7, 11) is -3.09. The molecule has 3 aromatic rings. The van der Waals surface area contributed by atoms with Crippen LogP contribution < -0.4 is 5.32 Å². The minimum absolute atomic E-state index is 0.0221. The van der Waals surface area contributed by atoms with Crippen LogP contribution in [0.5, 0.6) is 0 Å². The number of aromatic nitrogens is 2.